The highest BCUT2D eigenvalue weighted by Crippen LogP contribution is 2.32. The number of methoxy groups -OCH3 is 1. The van der Waals surface area contributed by atoms with Crippen molar-refractivity contribution in [2.24, 2.45) is 0 Å². The van der Waals surface area contributed by atoms with E-state index in [2.05, 4.69) is 25.4 Å². The number of hydrogen-bond acceptors (Lipinski definition) is 5. The van der Waals surface area contributed by atoms with E-state index in [0.29, 0.717) is 23.0 Å². The molecule has 0 radical (unpaired) electrons. The van der Waals surface area contributed by atoms with Crippen LogP contribution in [-0.4, -0.2) is 32.5 Å². The van der Waals surface area contributed by atoms with Crippen molar-refractivity contribution >= 4 is 11.0 Å². The molecule has 0 aliphatic heterocycles. The first-order chi connectivity index (χ1) is 11.4. The van der Waals surface area contributed by atoms with Crippen LogP contribution in [0.15, 0.2) is 54.6 Å². The summed E-state index contributed by atoms with van der Waals surface area (Å²) in [6.45, 7) is 0. The molecule has 0 fully saturated rings. The maximum Gasteiger partial charge on any atom is 0.242 e. The fourth-order valence-electron chi connectivity index (χ4n) is 2.48. The van der Waals surface area contributed by atoms with Crippen molar-refractivity contribution in [1.82, 2.24) is 25.4 Å². The second-order valence-corrected chi connectivity index (χ2v) is 4.97. The Kier molecular flexibility index (Phi) is 3.20. The molecule has 6 nitrogen and oxygen atoms in total. The number of aromatic amines is 1. The monoisotopic (exact) mass is 303 g/mol. The van der Waals surface area contributed by atoms with Gasteiger partial charge in [-0.2, -0.15) is 0 Å². The van der Waals surface area contributed by atoms with Gasteiger partial charge in [0.05, 0.1) is 18.1 Å². The zero-order valence-corrected chi connectivity index (χ0v) is 12.4. The highest BCUT2D eigenvalue weighted by Gasteiger charge is 2.19. The highest BCUT2D eigenvalue weighted by molar-refractivity contribution is 5.83. The number of fused-ring (bicyclic) bond motifs is 1. The molecule has 6 heteroatoms. The maximum atomic E-state index is 5.42. The molecular formula is C17H13N5O. The van der Waals surface area contributed by atoms with E-state index in [9.17, 15) is 0 Å². The van der Waals surface area contributed by atoms with Gasteiger partial charge < -0.3 is 4.74 Å². The molecule has 112 valence electrons. The summed E-state index contributed by atoms with van der Waals surface area (Å²) in [5.74, 6) is 0.437. The normalized spacial score (nSPS) is 10.8. The molecule has 4 aromatic rings. The Morgan fingerprint density at radius 3 is 2.26 bits per heavy atom. The van der Waals surface area contributed by atoms with E-state index >= 15 is 0 Å². The van der Waals surface area contributed by atoms with E-state index in [1.54, 1.807) is 7.11 Å². The summed E-state index contributed by atoms with van der Waals surface area (Å²) in [6, 6.07) is 17.5. The van der Waals surface area contributed by atoms with Gasteiger partial charge in [0.2, 0.25) is 5.88 Å². The average Bonchev–Trinajstić information content (AvgIpc) is 3.11. The van der Waals surface area contributed by atoms with Crippen LogP contribution in [0.5, 0.6) is 5.88 Å². The van der Waals surface area contributed by atoms with Crippen LogP contribution in [0.4, 0.5) is 0 Å². The largest absolute Gasteiger partial charge is 0.479 e. The first kappa shape index (κ1) is 13.4. The third-order valence-corrected chi connectivity index (χ3v) is 3.56. The number of hydrogen-bond donors (Lipinski definition) is 1. The molecule has 0 unspecified atom stereocenters. The van der Waals surface area contributed by atoms with Gasteiger partial charge in [-0.15, -0.1) is 5.10 Å². The van der Waals surface area contributed by atoms with E-state index in [0.717, 1.165) is 16.6 Å². The molecule has 2 aromatic carbocycles. The Hall–Kier alpha value is -3.28. The van der Waals surface area contributed by atoms with Gasteiger partial charge >= 0.3 is 0 Å². The lowest BCUT2D eigenvalue weighted by molar-refractivity contribution is 0.399. The molecule has 2 heterocycles. The van der Waals surface area contributed by atoms with Crippen molar-refractivity contribution in [2.75, 3.05) is 7.11 Å². The number of aromatic nitrogens is 5. The van der Waals surface area contributed by atoms with Crippen LogP contribution < -0.4 is 4.74 Å². The minimum atomic E-state index is 0.437. The van der Waals surface area contributed by atoms with Crippen LogP contribution in [0.2, 0.25) is 0 Å². The van der Waals surface area contributed by atoms with Gasteiger partial charge in [-0.05, 0) is 12.1 Å². The van der Waals surface area contributed by atoms with Crippen molar-refractivity contribution in [3.8, 4) is 28.5 Å². The molecule has 0 saturated heterocycles. The standard InChI is InChI=1S/C17H13N5O/c1-23-17-16(18-12-9-5-6-10-13(12)19-17)15-14(20-22-21-15)11-7-3-2-4-8-11/h2-10H,1H3,(H,20,21,22). The van der Waals surface area contributed by atoms with Crippen LogP contribution in [0.1, 0.15) is 0 Å². The fraction of sp³-hybridized carbons (Fsp3) is 0.0588. The molecule has 4 rings (SSSR count). The Balaban J connectivity index is 1.95. The molecule has 0 atom stereocenters. The second-order valence-electron chi connectivity index (χ2n) is 4.97. The number of ether oxygens (including phenoxy) is 1. The topological polar surface area (TPSA) is 76.6 Å². The summed E-state index contributed by atoms with van der Waals surface area (Å²) >= 11 is 0. The minimum Gasteiger partial charge on any atom is -0.479 e. The molecule has 0 saturated carbocycles. The molecule has 0 amide bonds. The lowest BCUT2D eigenvalue weighted by Crippen LogP contribution is -1.97. The number of benzene rings is 2. The zero-order valence-electron chi connectivity index (χ0n) is 12.4. The van der Waals surface area contributed by atoms with Gasteiger partial charge in [0.25, 0.3) is 0 Å². The van der Waals surface area contributed by atoms with Crippen molar-refractivity contribution in [1.29, 1.82) is 0 Å². The Morgan fingerprint density at radius 1 is 0.826 bits per heavy atom. The zero-order chi connectivity index (χ0) is 15.6. The van der Waals surface area contributed by atoms with Crippen molar-refractivity contribution < 1.29 is 4.74 Å². The quantitative estimate of drug-likeness (QED) is 0.629. The van der Waals surface area contributed by atoms with E-state index in [4.69, 9.17) is 4.74 Å². The van der Waals surface area contributed by atoms with E-state index < -0.39 is 0 Å². The fourth-order valence-corrected chi connectivity index (χ4v) is 2.48. The van der Waals surface area contributed by atoms with Crippen LogP contribution in [0.3, 0.4) is 0 Å². The maximum absolute atomic E-state index is 5.42. The van der Waals surface area contributed by atoms with Crippen LogP contribution in [-0.2, 0) is 0 Å². The van der Waals surface area contributed by atoms with E-state index in [1.807, 2.05) is 54.6 Å². The highest BCUT2D eigenvalue weighted by atomic mass is 16.5. The average molecular weight is 303 g/mol. The smallest absolute Gasteiger partial charge is 0.242 e. The van der Waals surface area contributed by atoms with Crippen LogP contribution >= 0.6 is 0 Å². The van der Waals surface area contributed by atoms with Crippen LogP contribution in [0.25, 0.3) is 33.7 Å². The van der Waals surface area contributed by atoms with Gasteiger partial charge in [0.15, 0.2) is 5.69 Å². The Bertz CT molecular complexity index is 965. The van der Waals surface area contributed by atoms with Crippen molar-refractivity contribution in [3.63, 3.8) is 0 Å². The number of nitrogens with zero attached hydrogens (tertiary/aromatic N) is 4. The van der Waals surface area contributed by atoms with Gasteiger partial charge in [-0.25, -0.2) is 9.97 Å². The summed E-state index contributed by atoms with van der Waals surface area (Å²) in [6.07, 6.45) is 0. The van der Waals surface area contributed by atoms with Gasteiger partial charge in [0, 0.05) is 5.56 Å². The van der Waals surface area contributed by atoms with Crippen molar-refractivity contribution in [3.05, 3.63) is 54.6 Å². The molecule has 0 aliphatic carbocycles. The third-order valence-electron chi connectivity index (χ3n) is 3.56. The van der Waals surface area contributed by atoms with Crippen LogP contribution in [0, 0.1) is 0 Å². The first-order valence-electron chi connectivity index (χ1n) is 7.14. The third kappa shape index (κ3) is 2.30. The first-order valence-corrected chi connectivity index (χ1v) is 7.14. The lowest BCUT2D eigenvalue weighted by Gasteiger charge is -2.08. The number of H-pyrrole nitrogens is 1. The van der Waals surface area contributed by atoms with E-state index in [1.165, 1.54) is 0 Å². The summed E-state index contributed by atoms with van der Waals surface area (Å²) in [5, 5.41) is 11.0. The second kappa shape index (κ2) is 5.49. The molecule has 23 heavy (non-hydrogen) atoms. The summed E-state index contributed by atoms with van der Waals surface area (Å²) in [7, 11) is 1.58. The number of rotatable bonds is 3. The minimum absolute atomic E-state index is 0.437. The summed E-state index contributed by atoms with van der Waals surface area (Å²) in [5.41, 5.74) is 4.52. The molecule has 0 aliphatic rings. The van der Waals surface area contributed by atoms with Gasteiger partial charge in [-0.3, -0.25) is 5.10 Å². The summed E-state index contributed by atoms with van der Waals surface area (Å²) < 4.78 is 5.42. The predicted molar refractivity (Wildman–Crippen MR) is 86.9 cm³/mol. The molecule has 0 bridgehead atoms. The molecule has 0 spiro atoms. The number of nitrogens with one attached hydrogen (secondary N) is 1. The Labute approximate surface area is 132 Å². The molecular weight excluding hydrogens is 290 g/mol. The SMILES string of the molecule is COc1nc2ccccc2nc1-c1[nH]nnc1-c1ccccc1. The lowest BCUT2D eigenvalue weighted by atomic mass is 10.1. The van der Waals surface area contributed by atoms with E-state index in [-0.39, 0.29) is 0 Å². The molecule has 1 N–H and O–H groups in total. The Morgan fingerprint density at radius 2 is 1.52 bits per heavy atom. The van der Waals surface area contributed by atoms with Gasteiger partial charge in [0.1, 0.15) is 11.4 Å². The molecule has 2 aromatic heterocycles. The van der Waals surface area contributed by atoms with Gasteiger partial charge in [-0.1, -0.05) is 47.7 Å². The summed E-state index contributed by atoms with van der Waals surface area (Å²) in [4.78, 5) is 9.20. The number of para-hydroxylation sites is 2. The predicted octanol–water partition coefficient (Wildman–Crippen LogP) is 3.09. The van der Waals surface area contributed by atoms with Crippen molar-refractivity contribution in [2.45, 2.75) is 0 Å².